The van der Waals surface area contributed by atoms with Crippen LogP contribution < -0.4 is 5.32 Å². The summed E-state index contributed by atoms with van der Waals surface area (Å²) in [6.07, 6.45) is 1.54. The molecular weight excluding hydrogens is 331 g/mol. The second kappa shape index (κ2) is 7.23. The van der Waals surface area contributed by atoms with Crippen LogP contribution in [0.2, 0.25) is 0 Å². The van der Waals surface area contributed by atoms with Crippen LogP contribution in [0.5, 0.6) is 0 Å². The van der Waals surface area contributed by atoms with Crippen LogP contribution in [0.25, 0.3) is 0 Å². The molecule has 0 aliphatic rings. The van der Waals surface area contributed by atoms with E-state index in [4.69, 9.17) is 5.26 Å². The Morgan fingerprint density at radius 2 is 1.88 bits per heavy atom. The quantitative estimate of drug-likeness (QED) is 0.843. The van der Waals surface area contributed by atoms with Gasteiger partial charge >= 0.3 is 0 Å². The van der Waals surface area contributed by atoms with Gasteiger partial charge in [-0.1, -0.05) is 12.1 Å². The summed E-state index contributed by atoms with van der Waals surface area (Å²) >= 11 is 0. The monoisotopic (exact) mass is 346 g/mol. The molecule has 2 rings (SSSR count). The van der Waals surface area contributed by atoms with Gasteiger partial charge in [0.1, 0.15) is 5.82 Å². The number of anilines is 1. The Hall–Kier alpha value is -2.72. The van der Waals surface area contributed by atoms with Crippen LogP contribution in [0.15, 0.2) is 47.4 Å². The zero-order valence-electron chi connectivity index (χ0n) is 12.9. The Morgan fingerprint density at radius 1 is 1.21 bits per heavy atom. The minimum Gasteiger partial charge on any atom is -0.324 e. The Kier molecular flexibility index (Phi) is 5.31. The lowest BCUT2D eigenvalue weighted by Gasteiger charge is -2.08. The van der Waals surface area contributed by atoms with Crippen LogP contribution in [0, 0.1) is 17.1 Å². The highest BCUT2D eigenvalue weighted by molar-refractivity contribution is 7.90. The van der Waals surface area contributed by atoms with Crippen molar-refractivity contribution in [1.29, 1.82) is 5.26 Å². The van der Waals surface area contributed by atoms with E-state index in [1.54, 1.807) is 24.3 Å². The van der Waals surface area contributed by atoms with Crippen molar-refractivity contribution in [3.63, 3.8) is 0 Å². The zero-order chi connectivity index (χ0) is 17.7. The van der Waals surface area contributed by atoms with Crippen molar-refractivity contribution in [2.24, 2.45) is 0 Å². The van der Waals surface area contributed by atoms with Crippen molar-refractivity contribution >= 4 is 21.4 Å². The summed E-state index contributed by atoms with van der Waals surface area (Å²) in [7, 11) is -3.48. The maximum Gasteiger partial charge on any atom is 0.224 e. The van der Waals surface area contributed by atoms with Gasteiger partial charge in [-0.25, -0.2) is 12.8 Å². The summed E-state index contributed by atoms with van der Waals surface area (Å²) in [5.74, 6) is -1.13. The van der Waals surface area contributed by atoms with Gasteiger partial charge in [-0.2, -0.15) is 5.26 Å². The summed E-state index contributed by atoms with van der Waals surface area (Å²) in [6.45, 7) is 0. The van der Waals surface area contributed by atoms with Gasteiger partial charge in [0.2, 0.25) is 5.91 Å². The van der Waals surface area contributed by atoms with Crippen molar-refractivity contribution in [1.82, 2.24) is 0 Å². The number of rotatable bonds is 5. The van der Waals surface area contributed by atoms with Crippen molar-refractivity contribution in [3.8, 4) is 6.07 Å². The number of nitrogens with zero attached hydrogens (tertiary/aromatic N) is 1. The second-order valence-electron chi connectivity index (χ2n) is 5.27. The van der Waals surface area contributed by atoms with Crippen LogP contribution in [-0.2, 0) is 21.1 Å². The lowest BCUT2D eigenvalue weighted by molar-refractivity contribution is -0.116. The molecule has 1 amide bonds. The lowest BCUT2D eigenvalue weighted by Crippen LogP contribution is -2.14. The summed E-state index contributed by atoms with van der Waals surface area (Å²) < 4.78 is 36.7. The Labute approximate surface area is 139 Å². The largest absolute Gasteiger partial charge is 0.324 e. The first-order valence-corrected chi connectivity index (χ1v) is 8.97. The van der Waals surface area contributed by atoms with E-state index >= 15 is 0 Å². The van der Waals surface area contributed by atoms with E-state index in [0.717, 1.165) is 30.0 Å². The van der Waals surface area contributed by atoms with Crippen LogP contribution in [-0.4, -0.2) is 20.6 Å². The van der Waals surface area contributed by atoms with Crippen LogP contribution >= 0.6 is 0 Å². The van der Waals surface area contributed by atoms with Crippen LogP contribution in [0.4, 0.5) is 10.1 Å². The van der Waals surface area contributed by atoms with Gasteiger partial charge in [0.15, 0.2) is 9.84 Å². The summed E-state index contributed by atoms with van der Waals surface area (Å²) in [5, 5.41) is 11.1. The molecule has 0 radical (unpaired) electrons. The van der Waals surface area contributed by atoms with Gasteiger partial charge in [0.05, 0.1) is 22.2 Å². The molecule has 0 fully saturated rings. The van der Waals surface area contributed by atoms with Gasteiger partial charge < -0.3 is 5.32 Å². The van der Waals surface area contributed by atoms with E-state index in [-0.39, 0.29) is 17.0 Å². The maximum atomic E-state index is 13.7. The number of carbonyl (C=O) groups is 1. The fourth-order valence-electron chi connectivity index (χ4n) is 2.05. The van der Waals surface area contributed by atoms with Crippen molar-refractivity contribution in [2.45, 2.75) is 17.7 Å². The van der Waals surface area contributed by atoms with E-state index in [9.17, 15) is 17.6 Å². The molecule has 2 aromatic rings. The minimum atomic E-state index is -3.48. The SMILES string of the molecule is CS(=O)(=O)c1ccc(F)c(NC(=O)CCc2ccc(C#N)cc2)c1. The predicted octanol–water partition coefficient (Wildman–Crippen LogP) is 2.67. The molecule has 0 unspecified atom stereocenters. The van der Waals surface area contributed by atoms with E-state index < -0.39 is 21.6 Å². The third kappa shape index (κ3) is 4.64. The molecule has 0 heterocycles. The number of hydrogen-bond donors (Lipinski definition) is 1. The smallest absolute Gasteiger partial charge is 0.224 e. The number of halogens is 1. The molecule has 5 nitrogen and oxygen atoms in total. The van der Waals surface area contributed by atoms with Crippen LogP contribution in [0.1, 0.15) is 17.5 Å². The van der Waals surface area contributed by atoms with E-state index in [1.807, 2.05) is 6.07 Å². The molecule has 0 aliphatic heterocycles. The van der Waals surface area contributed by atoms with Crippen LogP contribution in [0.3, 0.4) is 0 Å². The Bertz CT molecular complexity index is 900. The standard InChI is InChI=1S/C17H15FN2O3S/c1-24(22,23)14-7-8-15(18)16(10-14)20-17(21)9-6-12-2-4-13(11-19)5-3-12/h2-5,7-8,10H,6,9H2,1H3,(H,20,21). The van der Waals surface area contributed by atoms with E-state index in [1.165, 1.54) is 0 Å². The Morgan fingerprint density at radius 3 is 2.46 bits per heavy atom. The Balaban J connectivity index is 2.03. The number of hydrogen-bond acceptors (Lipinski definition) is 4. The number of sulfone groups is 1. The van der Waals surface area contributed by atoms with Gasteiger partial charge in [0, 0.05) is 12.7 Å². The zero-order valence-corrected chi connectivity index (χ0v) is 13.7. The number of nitriles is 1. The van der Waals surface area contributed by atoms with Crippen molar-refractivity contribution in [2.75, 3.05) is 11.6 Å². The second-order valence-corrected chi connectivity index (χ2v) is 7.29. The van der Waals surface area contributed by atoms with Gasteiger partial charge in [-0.15, -0.1) is 0 Å². The third-order valence-corrected chi connectivity index (χ3v) is 4.47. The number of benzene rings is 2. The summed E-state index contributed by atoms with van der Waals surface area (Å²) in [5.41, 5.74) is 1.24. The fraction of sp³-hybridized carbons (Fsp3) is 0.176. The van der Waals surface area contributed by atoms with Crippen molar-refractivity contribution < 1.29 is 17.6 Å². The molecule has 1 N–H and O–H groups in total. The molecule has 0 bridgehead atoms. The summed E-state index contributed by atoms with van der Waals surface area (Å²) in [6, 6.07) is 12.1. The van der Waals surface area contributed by atoms with E-state index in [0.29, 0.717) is 12.0 Å². The minimum absolute atomic E-state index is 0.0636. The molecular formula is C17H15FN2O3S. The topological polar surface area (TPSA) is 87.0 Å². The lowest BCUT2D eigenvalue weighted by atomic mass is 10.1. The molecule has 7 heteroatoms. The van der Waals surface area contributed by atoms with E-state index in [2.05, 4.69) is 5.32 Å². The highest BCUT2D eigenvalue weighted by Crippen LogP contribution is 2.20. The average molecular weight is 346 g/mol. The molecule has 0 saturated heterocycles. The van der Waals surface area contributed by atoms with Crippen molar-refractivity contribution in [3.05, 3.63) is 59.4 Å². The molecule has 24 heavy (non-hydrogen) atoms. The third-order valence-electron chi connectivity index (χ3n) is 3.36. The van der Waals surface area contributed by atoms with Gasteiger partial charge in [0.25, 0.3) is 0 Å². The molecule has 2 aromatic carbocycles. The number of aryl methyl sites for hydroxylation is 1. The highest BCUT2D eigenvalue weighted by atomic mass is 32.2. The number of carbonyl (C=O) groups excluding carboxylic acids is 1. The molecule has 0 aromatic heterocycles. The number of amides is 1. The van der Waals surface area contributed by atoms with Gasteiger partial charge in [-0.05, 0) is 42.3 Å². The van der Waals surface area contributed by atoms with Gasteiger partial charge in [-0.3, -0.25) is 4.79 Å². The summed E-state index contributed by atoms with van der Waals surface area (Å²) in [4.78, 5) is 11.9. The maximum absolute atomic E-state index is 13.7. The molecule has 0 atom stereocenters. The average Bonchev–Trinajstić information content (AvgIpc) is 2.54. The molecule has 0 spiro atoms. The normalized spacial score (nSPS) is 10.9. The highest BCUT2D eigenvalue weighted by Gasteiger charge is 2.13. The molecule has 124 valence electrons. The first kappa shape index (κ1) is 17.6. The first-order valence-electron chi connectivity index (χ1n) is 7.08. The fourth-order valence-corrected chi connectivity index (χ4v) is 2.69. The molecule has 0 saturated carbocycles. The number of nitrogens with one attached hydrogen (secondary N) is 1. The molecule has 0 aliphatic carbocycles. The predicted molar refractivity (Wildman–Crippen MR) is 87.6 cm³/mol. The first-order chi connectivity index (χ1) is 11.3.